The Morgan fingerprint density at radius 1 is 1.36 bits per heavy atom. The van der Waals surface area contributed by atoms with Gasteiger partial charge in [-0.3, -0.25) is 9.48 Å². The lowest BCUT2D eigenvalue weighted by Crippen LogP contribution is -2.45. The molecule has 1 amide bonds. The maximum absolute atomic E-state index is 14.6. The molecular formula is C19H23FN4O. The second-order valence-corrected chi connectivity index (χ2v) is 7.06. The fraction of sp³-hybridized carbons (Fsp3) is 0.474. The molecule has 1 atom stereocenters. The number of halogens is 1. The van der Waals surface area contributed by atoms with Gasteiger partial charge in [0.25, 0.3) is 5.91 Å². The van der Waals surface area contributed by atoms with Gasteiger partial charge in [0.05, 0.1) is 17.5 Å². The second kappa shape index (κ2) is 6.59. The smallest absolute Gasteiger partial charge is 0.254 e. The number of carbonyl (C=O) groups is 1. The molecule has 1 saturated carbocycles. The average Bonchev–Trinajstić information content (AvgIpc) is 3.38. The van der Waals surface area contributed by atoms with Crippen LogP contribution in [0, 0.1) is 5.82 Å². The predicted octanol–water partition coefficient (Wildman–Crippen LogP) is 2.59. The molecule has 1 aliphatic carbocycles. The van der Waals surface area contributed by atoms with Crippen molar-refractivity contribution >= 4 is 5.91 Å². The zero-order chi connectivity index (χ0) is 17.4. The van der Waals surface area contributed by atoms with E-state index < -0.39 is 5.82 Å². The van der Waals surface area contributed by atoms with Crippen LogP contribution in [-0.4, -0.2) is 34.8 Å². The van der Waals surface area contributed by atoms with Crippen LogP contribution in [0.2, 0.25) is 0 Å². The molecule has 4 rings (SSSR count). The van der Waals surface area contributed by atoms with Gasteiger partial charge in [-0.2, -0.15) is 5.10 Å². The fourth-order valence-electron chi connectivity index (χ4n) is 3.59. The molecule has 25 heavy (non-hydrogen) atoms. The van der Waals surface area contributed by atoms with Crippen LogP contribution < -0.4 is 10.6 Å². The SMILES string of the molecule is Cn1ncc(C2CC2)c1-c1ccc(C(=O)NC2CCCNC2)c(F)c1. The van der Waals surface area contributed by atoms with Crippen molar-refractivity contribution in [1.29, 1.82) is 0 Å². The number of rotatable bonds is 4. The van der Waals surface area contributed by atoms with Crippen molar-refractivity contribution < 1.29 is 9.18 Å². The Labute approximate surface area is 146 Å². The van der Waals surface area contributed by atoms with Gasteiger partial charge in [0.1, 0.15) is 5.82 Å². The van der Waals surface area contributed by atoms with Gasteiger partial charge in [0, 0.05) is 30.8 Å². The minimum Gasteiger partial charge on any atom is -0.348 e. The van der Waals surface area contributed by atoms with E-state index in [1.165, 1.54) is 11.6 Å². The highest BCUT2D eigenvalue weighted by Crippen LogP contribution is 2.44. The van der Waals surface area contributed by atoms with E-state index in [0.29, 0.717) is 5.92 Å². The number of hydrogen-bond donors (Lipinski definition) is 2. The lowest BCUT2D eigenvalue weighted by atomic mass is 10.0. The Balaban J connectivity index is 1.56. The van der Waals surface area contributed by atoms with Gasteiger partial charge in [0.2, 0.25) is 0 Å². The van der Waals surface area contributed by atoms with Crippen LogP contribution in [-0.2, 0) is 7.05 Å². The summed E-state index contributed by atoms with van der Waals surface area (Å²) in [6.07, 6.45) is 6.16. The summed E-state index contributed by atoms with van der Waals surface area (Å²) < 4.78 is 16.4. The molecule has 2 heterocycles. The molecule has 2 aromatic rings. The summed E-state index contributed by atoms with van der Waals surface area (Å²) in [6, 6.07) is 4.93. The number of carbonyl (C=O) groups excluding carboxylic acids is 1. The van der Waals surface area contributed by atoms with Crippen LogP contribution in [0.5, 0.6) is 0 Å². The molecule has 132 valence electrons. The molecular weight excluding hydrogens is 319 g/mol. The Morgan fingerprint density at radius 3 is 2.88 bits per heavy atom. The highest BCUT2D eigenvalue weighted by molar-refractivity contribution is 5.95. The number of hydrogen-bond acceptors (Lipinski definition) is 3. The normalized spacial score (nSPS) is 20.5. The number of aromatic nitrogens is 2. The molecule has 6 heteroatoms. The van der Waals surface area contributed by atoms with Crippen molar-refractivity contribution in [2.24, 2.45) is 7.05 Å². The van der Waals surface area contributed by atoms with Crippen molar-refractivity contribution in [2.75, 3.05) is 13.1 Å². The number of amides is 1. The number of nitrogens with zero attached hydrogens (tertiary/aromatic N) is 2. The van der Waals surface area contributed by atoms with Gasteiger partial charge in [-0.05, 0) is 50.3 Å². The van der Waals surface area contributed by atoms with E-state index in [2.05, 4.69) is 15.7 Å². The van der Waals surface area contributed by atoms with E-state index in [0.717, 1.165) is 50.0 Å². The van der Waals surface area contributed by atoms with Crippen LogP contribution in [0.15, 0.2) is 24.4 Å². The molecule has 0 spiro atoms. The largest absolute Gasteiger partial charge is 0.348 e. The monoisotopic (exact) mass is 342 g/mol. The topological polar surface area (TPSA) is 59.0 Å². The highest BCUT2D eigenvalue weighted by atomic mass is 19.1. The van der Waals surface area contributed by atoms with Crippen molar-refractivity contribution in [3.05, 3.63) is 41.3 Å². The van der Waals surface area contributed by atoms with Crippen molar-refractivity contribution in [3.63, 3.8) is 0 Å². The van der Waals surface area contributed by atoms with Gasteiger partial charge in [-0.1, -0.05) is 6.07 Å². The zero-order valence-electron chi connectivity index (χ0n) is 14.4. The van der Waals surface area contributed by atoms with Gasteiger partial charge in [-0.15, -0.1) is 0 Å². The molecule has 2 N–H and O–H groups in total. The highest BCUT2D eigenvalue weighted by Gasteiger charge is 2.29. The van der Waals surface area contributed by atoms with Crippen LogP contribution in [0.4, 0.5) is 4.39 Å². The number of nitrogens with one attached hydrogen (secondary N) is 2. The molecule has 1 aliphatic heterocycles. The first-order valence-corrected chi connectivity index (χ1v) is 8.97. The summed E-state index contributed by atoms with van der Waals surface area (Å²) in [7, 11) is 1.87. The van der Waals surface area contributed by atoms with Gasteiger partial charge in [0.15, 0.2) is 0 Å². The first kappa shape index (κ1) is 16.3. The quantitative estimate of drug-likeness (QED) is 0.898. The number of aryl methyl sites for hydroxylation is 1. The molecule has 5 nitrogen and oxygen atoms in total. The van der Waals surface area contributed by atoms with Crippen molar-refractivity contribution in [3.8, 4) is 11.3 Å². The second-order valence-electron chi connectivity index (χ2n) is 7.06. The summed E-state index contributed by atoms with van der Waals surface area (Å²) in [5.74, 6) is -0.291. The summed E-state index contributed by atoms with van der Waals surface area (Å²) in [6.45, 7) is 1.72. The average molecular weight is 342 g/mol. The predicted molar refractivity (Wildman–Crippen MR) is 93.9 cm³/mol. The summed E-state index contributed by atoms with van der Waals surface area (Å²) in [5, 5.41) is 10.5. The molecule has 1 unspecified atom stereocenters. The van der Waals surface area contributed by atoms with Gasteiger partial charge >= 0.3 is 0 Å². The molecule has 0 radical (unpaired) electrons. The number of piperidine rings is 1. The van der Waals surface area contributed by atoms with Crippen LogP contribution in [0.3, 0.4) is 0 Å². The van der Waals surface area contributed by atoms with E-state index in [1.807, 2.05) is 19.3 Å². The third-order valence-electron chi connectivity index (χ3n) is 5.10. The van der Waals surface area contributed by atoms with Crippen LogP contribution in [0.25, 0.3) is 11.3 Å². The van der Waals surface area contributed by atoms with Crippen molar-refractivity contribution in [2.45, 2.75) is 37.6 Å². The van der Waals surface area contributed by atoms with Crippen LogP contribution >= 0.6 is 0 Å². The first-order chi connectivity index (χ1) is 12.1. The third-order valence-corrected chi connectivity index (χ3v) is 5.10. The summed E-state index contributed by atoms with van der Waals surface area (Å²) >= 11 is 0. The van der Waals surface area contributed by atoms with Gasteiger partial charge < -0.3 is 10.6 Å². The minimum atomic E-state index is -0.485. The Kier molecular flexibility index (Phi) is 4.29. The molecule has 2 aliphatic rings. The lowest BCUT2D eigenvalue weighted by molar-refractivity contribution is 0.0926. The maximum atomic E-state index is 14.6. The van der Waals surface area contributed by atoms with Gasteiger partial charge in [-0.25, -0.2) is 4.39 Å². The Hall–Kier alpha value is -2.21. The molecule has 1 aromatic heterocycles. The molecule has 0 bridgehead atoms. The van der Waals surface area contributed by atoms with E-state index in [1.54, 1.807) is 10.7 Å². The number of benzene rings is 1. The third kappa shape index (κ3) is 3.31. The maximum Gasteiger partial charge on any atom is 0.254 e. The zero-order valence-corrected chi connectivity index (χ0v) is 14.4. The molecule has 1 saturated heterocycles. The fourth-order valence-corrected chi connectivity index (χ4v) is 3.59. The molecule has 2 fully saturated rings. The van der Waals surface area contributed by atoms with E-state index in [4.69, 9.17) is 0 Å². The molecule has 1 aromatic carbocycles. The minimum absolute atomic E-state index is 0.0684. The Morgan fingerprint density at radius 2 is 2.20 bits per heavy atom. The van der Waals surface area contributed by atoms with E-state index >= 15 is 0 Å². The van der Waals surface area contributed by atoms with E-state index in [9.17, 15) is 9.18 Å². The van der Waals surface area contributed by atoms with Crippen LogP contribution in [0.1, 0.15) is 47.5 Å². The first-order valence-electron chi connectivity index (χ1n) is 8.97. The Bertz CT molecular complexity index is 791. The summed E-state index contributed by atoms with van der Waals surface area (Å²) in [4.78, 5) is 12.4. The standard InChI is InChI=1S/C19H23FN4O/c1-24-18(16(11-22-24)12-4-5-12)13-6-7-15(17(20)9-13)19(25)23-14-3-2-8-21-10-14/h6-7,9,11-12,14,21H,2-5,8,10H2,1H3,(H,23,25). The van der Waals surface area contributed by atoms with Crippen molar-refractivity contribution in [1.82, 2.24) is 20.4 Å². The lowest BCUT2D eigenvalue weighted by Gasteiger charge is -2.23. The summed E-state index contributed by atoms with van der Waals surface area (Å²) in [5.41, 5.74) is 3.00. The van der Waals surface area contributed by atoms with E-state index in [-0.39, 0.29) is 17.5 Å².